The molecule has 1 aromatic heterocycles. The van der Waals surface area contributed by atoms with Gasteiger partial charge in [-0.1, -0.05) is 0 Å². The number of aliphatic hydroxyl groups is 1. The van der Waals surface area contributed by atoms with Crippen LogP contribution in [0.2, 0.25) is 0 Å². The van der Waals surface area contributed by atoms with Crippen molar-refractivity contribution in [2.24, 2.45) is 0 Å². The molecule has 18 heavy (non-hydrogen) atoms. The molecule has 0 spiro atoms. The summed E-state index contributed by atoms with van der Waals surface area (Å²) in [5.74, 6) is 0. The topological polar surface area (TPSA) is 54.4 Å². The smallest absolute Gasteiger partial charge is 0.105 e. The number of hydrogen-bond donors (Lipinski definition) is 2. The average molecular weight is 380 g/mol. The van der Waals surface area contributed by atoms with E-state index in [1.54, 1.807) is 6.20 Å². The lowest BCUT2D eigenvalue weighted by Crippen LogP contribution is -2.45. The molecule has 1 aliphatic rings. The van der Waals surface area contributed by atoms with Crippen LogP contribution in [0.1, 0.15) is 19.0 Å². The van der Waals surface area contributed by atoms with Gasteiger partial charge in [0.25, 0.3) is 0 Å². The molecule has 6 heteroatoms. The Balaban J connectivity index is 1.88. The zero-order chi connectivity index (χ0) is 13.2. The second kappa shape index (κ2) is 5.96. The van der Waals surface area contributed by atoms with Crippen molar-refractivity contribution in [2.75, 3.05) is 13.2 Å². The summed E-state index contributed by atoms with van der Waals surface area (Å²) in [5, 5.41) is 13.6. The minimum Gasteiger partial charge on any atom is -0.386 e. The number of halogens is 2. The summed E-state index contributed by atoms with van der Waals surface area (Å²) in [6, 6.07) is 1.96. The molecular formula is C12H16Br2N2O2. The van der Waals surface area contributed by atoms with E-state index in [0.29, 0.717) is 26.1 Å². The van der Waals surface area contributed by atoms with Gasteiger partial charge >= 0.3 is 0 Å². The summed E-state index contributed by atoms with van der Waals surface area (Å²) >= 11 is 6.83. The van der Waals surface area contributed by atoms with E-state index in [1.165, 1.54) is 0 Å². The van der Waals surface area contributed by atoms with Crippen LogP contribution in [-0.4, -0.2) is 34.9 Å². The Hall–Kier alpha value is -0.0100. The van der Waals surface area contributed by atoms with Gasteiger partial charge in [-0.2, -0.15) is 0 Å². The Morgan fingerprint density at radius 1 is 1.61 bits per heavy atom. The number of nitrogens with zero attached hydrogens (tertiary/aromatic N) is 1. The van der Waals surface area contributed by atoms with Gasteiger partial charge < -0.3 is 15.2 Å². The molecule has 100 valence electrons. The van der Waals surface area contributed by atoms with E-state index in [9.17, 15) is 5.11 Å². The highest BCUT2D eigenvalue weighted by atomic mass is 79.9. The first-order valence-corrected chi connectivity index (χ1v) is 7.44. The lowest BCUT2D eigenvalue weighted by molar-refractivity contribution is -0.0263. The van der Waals surface area contributed by atoms with Gasteiger partial charge in [0.05, 0.1) is 11.8 Å². The Morgan fingerprint density at radius 2 is 2.39 bits per heavy atom. The predicted molar refractivity (Wildman–Crippen MR) is 76.3 cm³/mol. The van der Waals surface area contributed by atoms with Crippen molar-refractivity contribution in [2.45, 2.75) is 31.6 Å². The normalized spacial score (nSPS) is 27.7. The van der Waals surface area contributed by atoms with Gasteiger partial charge in [0.2, 0.25) is 0 Å². The maximum Gasteiger partial charge on any atom is 0.105 e. The molecule has 2 rings (SSSR count). The van der Waals surface area contributed by atoms with Gasteiger partial charge in [-0.3, -0.25) is 4.98 Å². The Morgan fingerprint density at radius 3 is 3.00 bits per heavy atom. The van der Waals surface area contributed by atoms with Crippen molar-refractivity contribution in [3.8, 4) is 0 Å². The SMILES string of the molecule is CC1OCCC1(O)CNCc1ncc(Br)cc1Br. The number of ether oxygens (including phenoxy) is 1. The minimum absolute atomic E-state index is 0.119. The summed E-state index contributed by atoms with van der Waals surface area (Å²) < 4.78 is 7.28. The van der Waals surface area contributed by atoms with E-state index in [1.807, 2.05) is 13.0 Å². The molecule has 0 bridgehead atoms. The maximum atomic E-state index is 10.3. The van der Waals surface area contributed by atoms with E-state index < -0.39 is 5.60 Å². The van der Waals surface area contributed by atoms with Crippen LogP contribution in [-0.2, 0) is 11.3 Å². The van der Waals surface area contributed by atoms with Gasteiger partial charge in [0.1, 0.15) is 5.60 Å². The lowest BCUT2D eigenvalue weighted by atomic mass is 9.97. The second-order valence-electron chi connectivity index (χ2n) is 4.55. The van der Waals surface area contributed by atoms with Crippen molar-refractivity contribution in [3.63, 3.8) is 0 Å². The minimum atomic E-state index is -0.762. The van der Waals surface area contributed by atoms with Gasteiger partial charge in [0.15, 0.2) is 0 Å². The largest absolute Gasteiger partial charge is 0.386 e. The highest BCUT2D eigenvalue weighted by Gasteiger charge is 2.38. The van der Waals surface area contributed by atoms with Crippen molar-refractivity contribution in [3.05, 3.63) is 26.9 Å². The van der Waals surface area contributed by atoms with Crippen LogP contribution >= 0.6 is 31.9 Å². The molecule has 0 saturated carbocycles. The number of nitrogens with one attached hydrogen (secondary N) is 1. The van der Waals surface area contributed by atoms with E-state index in [0.717, 1.165) is 14.6 Å². The van der Waals surface area contributed by atoms with Crippen molar-refractivity contribution < 1.29 is 9.84 Å². The quantitative estimate of drug-likeness (QED) is 0.842. The number of pyridine rings is 1. The van der Waals surface area contributed by atoms with E-state index in [-0.39, 0.29) is 6.10 Å². The lowest BCUT2D eigenvalue weighted by Gasteiger charge is -2.26. The molecule has 2 unspecified atom stereocenters. The van der Waals surface area contributed by atoms with E-state index >= 15 is 0 Å². The monoisotopic (exact) mass is 378 g/mol. The molecule has 0 amide bonds. The van der Waals surface area contributed by atoms with Crippen LogP contribution in [0.25, 0.3) is 0 Å². The highest BCUT2D eigenvalue weighted by molar-refractivity contribution is 9.11. The van der Waals surface area contributed by atoms with Gasteiger partial charge in [-0.15, -0.1) is 0 Å². The van der Waals surface area contributed by atoms with Crippen LogP contribution < -0.4 is 5.32 Å². The van der Waals surface area contributed by atoms with Crippen molar-refractivity contribution >= 4 is 31.9 Å². The number of hydrogen-bond acceptors (Lipinski definition) is 4. The van der Waals surface area contributed by atoms with Crippen LogP contribution in [0.4, 0.5) is 0 Å². The standard InChI is InChI=1S/C12H16Br2N2O2/c1-8-12(17,2-3-18-8)7-15-6-11-10(14)4-9(13)5-16-11/h4-5,8,15,17H,2-3,6-7H2,1H3. The van der Waals surface area contributed by atoms with Gasteiger partial charge in [0, 0.05) is 41.3 Å². The summed E-state index contributed by atoms with van der Waals surface area (Å²) in [6.07, 6.45) is 2.32. The summed E-state index contributed by atoms with van der Waals surface area (Å²) in [6.45, 7) is 3.66. The fraction of sp³-hybridized carbons (Fsp3) is 0.583. The molecule has 1 aromatic rings. The average Bonchev–Trinajstić information content (AvgIpc) is 2.63. The maximum absolute atomic E-state index is 10.3. The van der Waals surface area contributed by atoms with E-state index in [4.69, 9.17) is 4.74 Å². The first kappa shape index (κ1) is 14.4. The van der Waals surface area contributed by atoms with Crippen LogP contribution in [0.5, 0.6) is 0 Å². The number of rotatable bonds is 4. The first-order chi connectivity index (χ1) is 8.51. The van der Waals surface area contributed by atoms with Crippen molar-refractivity contribution in [1.29, 1.82) is 0 Å². The molecule has 2 atom stereocenters. The van der Waals surface area contributed by atoms with E-state index in [2.05, 4.69) is 42.2 Å². The predicted octanol–water partition coefficient (Wildman–Crippen LogP) is 2.24. The molecule has 1 aliphatic heterocycles. The first-order valence-electron chi connectivity index (χ1n) is 5.86. The molecule has 4 nitrogen and oxygen atoms in total. The third kappa shape index (κ3) is 3.30. The van der Waals surface area contributed by atoms with Crippen LogP contribution in [0.15, 0.2) is 21.2 Å². The third-order valence-corrected chi connectivity index (χ3v) is 4.39. The van der Waals surface area contributed by atoms with Crippen molar-refractivity contribution in [1.82, 2.24) is 10.3 Å². The fourth-order valence-corrected chi connectivity index (χ4v) is 3.10. The summed E-state index contributed by atoms with van der Waals surface area (Å²) in [7, 11) is 0. The molecule has 1 saturated heterocycles. The summed E-state index contributed by atoms with van der Waals surface area (Å²) in [5.41, 5.74) is 0.162. The molecule has 0 aromatic carbocycles. The Labute approximate surface area is 123 Å². The molecule has 2 N–H and O–H groups in total. The number of aromatic nitrogens is 1. The van der Waals surface area contributed by atoms with Crippen LogP contribution in [0, 0.1) is 0 Å². The highest BCUT2D eigenvalue weighted by Crippen LogP contribution is 2.25. The molecular weight excluding hydrogens is 364 g/mol. The fourth-order valence-electron chi connectivity index (χ4n) is 1.97. The molecule has 1 fully saturated rings. The Kier molecular flexibility index (Phi) is 4.77. The Bertz CT molecular complexity index is 431. The van der Waals surface area contributed by atoms with Gasteiger partial charge in [-0.25, -0.2) is 0 Å². The second-order valence-corrected chi connectivity index (χ2v) is 6.32. The third-order valence-electron chi connectivity index (χ3n) is 3.27. The molecule has 2 heterocycles. The summed E-state index contributed by atoms with van der Waals surface area (Å²) in [4.78, 5) is 4.31. The molecule has 0 aliphatic carbocycles. The zero-order valence-electron chi connectivity index (χ0n) is 10.1. The molecule has 0 radical (unpaired) electrons. The van der Waals surface area contributed by atoms with Gasteiger partial charge in [-0.05, 0) is 44.8 Å². The van der Waals surface area contributed by atoms with Crippen LogP contribution in [0.3, 0.4) is 0 Å². The zero-order valence-corrected chi connectivity index (χ0v) is 13.3.